The molecule has 1 aliphatic rings. The predicted octanol–water partition coefficient (Wildman–Crippen LogP) is 2.89. The molecular weight excluding hydrogens is 308 g/mol. The lowest BCUT2D eigenvalue weighted by Gasteiger charge is -2.22. The topological polar surface area (TPSA) is 70.7 Å². The van der Waals surface area contributed by atoms with Crippen LogP contribution in [0.2, 0.25) is 0 Å². The van der Waals surface area contributed by atoms with Gasteiger partial charge in [0.25, 0.3) is 0 Å². The quantitative estimate of drug-likeness (QED) is 0.803. The lowest BCUT2D eigenvalue weighted by molar-refractivity contribution is 0.0693. The minimum Gasteiger partial charge on any atom is -0.476 e. The van der Waals surface area contributed by atoms with E-state index in [1.54, 1.807) is 15.9 Å². The second kappa shape index (κ2) is 4.81. The summed E-state index contributed by atoms with van der Waals surface area (Å²) in [5.74, 6) is -1.01. The Morgan fingerprint density at radius 1 is 1.48 bits per heavy atom. The third-order valence-corrected chi connectivity index (χ3v) is 5.71. The van der Waals surface area contributed by atoms with Crippen LogP contribution in [0, 0.1) is 0 Å². The molecule has 4 rings (SSSR count). The van der Waals surface area contributed by atoms with Crippen molar-refractivity contribution in [1.29, 1.82) is 0 Å². The first kappa shape index (κ1) is 12.8. The van der Waals surface area contributed by atoms with Gasteiger partial charge in [-0.25, -0.2) is 14.3 Å². The number of hydrogen-bond donors (Lipinski definition) is 1. The zero-order chi connectivity index (χ0) is 14.4. The second-order valence-electron chi connectivity index (χ2n) is 4.90. The second-order valence-corrected chi connectivity index (χ2v) is 6.83. The number of carbonyl (C=O) groups is 1. The number of rotatable bonds is 3. The van der Waals surface area contributed by atoms with Gasteiger partial charge in [0.05, 0.1) is 6.04 Å². The van der Waals surface area contributed by atoms with Crippen molar-refractivity contribution >= 4 is 38.6 Å². The van der Waals surface area contributed by atoms with Gasteiger partial charge in [0.1, 0.15) is 6.33 Å². The van der Waals surface area contributed by atoms with E-state index in [4.69, 9.17) is 5.11 Å². The summed E-state index contributed by atoms with van der Waals surface area (Å²) in [6.07, 6.45) is 3.70. The van der Waals surface area contributed by atoms with Crippen LogP contribution in [0.15, 0.2) is 23.8 Å². The number of thiophene rings is 1. The Morgan fingerprint density at radius 2 is 2.38 bits per heavy atom. The predicted molar refractivity (Wildman–Crippen MR) is 81.5 cm³/mol. The highest BCUT2D eigenvalue weighted by Gasteiger charge is 2.30. The molecule has 6 nitrogen and oxygen atoms in total. The molecule has 1 N–H and O–H groups in total. The summed E-state index contributed by atoms with van der Waals surface area (Å²) in [5, 5.41) is 16.6. The molecule has 1 fully saturated rings. The van der Waals surface area contributed by atoms with Gasteiger partial charge in [-0.15, -0.1) is 16.4 Å². The van der Waals surface area contributed by atoms with E-state index in [1.165, 1.54) is 22.5 Å². The van der Waals surface area contributed by atoms with Crippen LogP contribution in [0.4, 0.5) is 5.13 Å². The van der Waals surface area contributed by atoms with Gasteiger partial charge in [-0.3, -0.25) is 0 Å². The standard InChI is InChI=1S/C13H12N4O2S2/c18-12(19)10-11-17(7-14-10)15-13(21-11)16-5-1-3-8(16)9-4-2-6-20-9/h2,4,6-8H,1,3,5H2,(H,18,19). The average Bonchev–Trinajstić information content (AvgIpc) is 3.21. The molecule has 0 amide bonds. The fraction of sp³-hybridized carbons (Fsp3) is 0.308. The van der Waals surface area contributed by atoms with Crippen LogP contribution < -0.4 is 4.90 Å². The van der Waals surface area contributed by atoms with E-state index in [-0.39, 0.29) is 5.69 Å². The number of aromatic carboxylic acids is 1. The van der Waals surface area contributed by atoms with Crippen LogP contribution in [-0.4, -0.2) is 32.2 Å². The number of anilines is 1. The third-order valence-electron chi connectivity index (χ3n) is 3.66. The largest absolute Gasteiger partial charge is 0.476 e. The molecule has 0 bridgehead atoms. The highest BCUT2D eigenvalue weighted by atomic mass is 32.1. The molecule has 8 heteroatoms. The summed E-state index contributed by atoms with van der Waals surface area (Å²) in [5.41, 5.74) is 0.0746. The van der Waals surface area contributed by atoms with Crippen molar-refractivity contribution in [3.05, 3.63) is 34.4 Å². The lowest BCUT2D eigenvalue weighted by Crippen LogP contribution is -2.21. The fourth-order valence-corrected chi connectivity index (χ4v) is 4.66. The van der Waals surface area contributed by atoms with Gasteiger partial charge < -0.3 is 10.0 Å². The number of carboxylic acid groups (broad SMARTS) is 1. The Morgan fingerprint density at radius 3 is 3.14 bits per heavy atom. The first-order valence-electron chi connectivity index (χ1n) is 6.61. The molecule has 1 unspecified atom stereocenters. The van der Waals surface area contributed by atoms with Gasteiger partial charge in [-0.1, -0.05) is 17.4 Å². The molecule has 0 spiro atoms. The minimum atomic E-state index is -1.01. The van der Waals surface area contributed by atoms with Crippen LogP contribution in [0.1, 0.15) is 34.2 Å². The maximum atomic E-state index is 11.1. The minimum absolute atomic E-state index is 0.0746. The summed E-state index contributed by atoms with van der Waals surface area (Å²) in [4.78, 5) is 19.2. The number of nitrogens with zero attached hydrogens (tertiary/aromatic N) is 4. The van der Waals surface area contributed by atoms with E-state index < -0.39 is 5.97 Å². The van der Waals surface area contributed by atoms with Crippen molar-refractivity contribution in [3.63, 3.8) is 0 Å². The molecule has 21 heavy (non-hydrogen) atoms. The smallest absolute Gasteiger partial charge is 0.357 e. The number of aromatic nitrogens is 3. The fourth-order valence-electron chi connectivity index (χ4n) is 2.73. The molecule has 0 radical (unpaired) electrons. The highest BCUT2D eigenvalue weighted by Crippen LogP contribution is 2.39. The number of imidazole rings is 1. The number of fused-ring (bicyclic) bond motifs is 1. The van der Waals surface area contributed by atoms with Gasteiger partial charge in [0.2, 0.25) is 5.13 Å². The van der Waals surface area contributed by atoms with Crippen molar-refractivity contribution in [1.82, 2.24) is 14.6 Å². The zero-order valence-corrected chi connectivity index (χ0v) is 12.6. The van der Waals surface area contributed by atoms with E-state index in [9.17, 15) is 4.79 Å². The molecule has 4 heterocycles. The van der Waals surface area contributed by atoms with Crippen molar-refractivity contribution in [2.24, 2.45) is 0 Å². The van der Waals surface area contributed by atoms with Gasteiger partial charge in [0.15, 0.2) is 10.5 Å². The van der Waals surface area contributed by atoms with E-state index in [0.29, 0.717) is 10.9 Å². The maximum absolute atomic E-state index is 11.1. The summed E-state index contributed by atoms with van der Waals surface area (Å²) < 4.78 is 1.56. The Hall–Kier alpha value is -1.93. The van der Waals surface area contributed by atoms with Crippen molar-refractivity contribution in [2.75, 3.05) is 11.4 Å². The van der Waals surface area contributed by atoms with E-state index in [0.717, 1.165) is 24.5 Å². The molecule has 3 aromatic rings. The summed E-state index contributed by atoms with van der Waals surface area (Å²) in [6.45, 7) is 0.953. The Labute approximate surface area is 128 Å². The van der Waals surface area contributed by atoms with Crippen molar-refractivity contribution < 1.29 is 9.90 Å². The Kier molecular flexibility index (Phi) is 2.93. The summed E-state index contributed by atoms with van der Waals surface area (Å²) in [7, 11) is 0. The molecule has 0 aromatic carbocycles. The van der Waals surface area contributed by atoms with Crippen LogP contribution in [0.25, 0.3) is 4.83 Å². The summed E-state index contributed by atoms with van der Waals surface area (Å²) in [6, 6.07) is 4.57. The monoisotopic (exact) mass is 320 g/mol. The lowest BCUT2D eigenvalue weighted by atomic mass is 10.2. The molecule has 0 saturated carbocycles. The van der Waals surface area contributed by atoms with Crippen molar-refractivity contribution in [3.8, 4) is 0 Å². The normalized spacial score (nSPS) is 18.7. The van der Waals surface area contributed by atoms with Gasteiger partial charge in [0, 0.05) is 11.4 Å². The van der Waals surface area contributed by atoms with E-state index in [2.05, 4.69) is 32.5 Å². The molecular formula is C13H12N4O2S2. The van der Waals surface area contributed by atoms with Gasteiger partial charge >= 0.3 is 5.97 Å². The van der Waals surface area contributed by atoms with Crippen molar-refractivity contribution in [2.45, 2.75) is 18.9 Å². The highest BCUT2D eigenvalue weighted by molar-refractivity contribution is 7.21. The number of carboxylic acids is 1. The molecule has 1 saturated heterocycles. The Bertz CT molecular complexity index is 792. The maximum Gasteiger partial charge on any atom is 0.357 e. The van der Waals surface area contributed by atoms with Gasteiger partial charge in [-0.2, -0.15) is 0 Å². The van der Waals surface area contributed by atoms with E-state index in [1.807, 2.05) is 0 Å². The molecule has 108 valence electrons. The van der Waals surface area contributed by atoms with Crippen LogP contribution in [0.3, 0.4) is 0 Å². The molecule has 3 aromatic heterocycles. The van der Waals surface area contributed by atoms with E-state index >= 15 is 0 Å². The number of hydrogen-bond acceptors (Lipinski definition) is 6. The van der Waals surface area contributed by atoms with Crippen LogP contribution in [0.5, 0.6) is 0 Å². The van der Waals surface area contributed by atoms with Crippen LogP contribution in [-0.2, 0) is 0 Å². The molecule has 1 aliphatic heterocycles. The van der Waals surface area contributed by atoms with Crippen LogP contribution >= 0.6 is 22.7 Å². The molecule has 0 aliphatic carbocycles. The van der Waals surface area contributed by atoms with Gasteiger partial charge in [-0.05, 0) is 24.3 Å². The molecule has 1 atom stereocenters. The average molecular weight is 320 g/mol. The summed E-state index contributed by atoms with van der Waals surface area (Å²) >= 11 is 3.15. The third kappa shape index (κ3) is 2.02. The first-order chi connectivity index (χ1) is 10.2. The zero-order valence-electron chi connectivity index (χ0n) is 11.0. The SMILES string of the molecule is O=C(O)c1ncn2nc(N3CCCC3c3cccs3)sc12. The first-order valence-corrected chi connectivity index (χ1v) is 8.31. The Balaban J connectivity index is 1.74.